The van der Waals surface area contributed by atoms with Gasteiger partial charge in [-0.05, 0) is 36.2 Å². The first-order chi connectivity index (χ1) is 12.7. The molecular weight excluding hydrogens is 332 g/mol. The van der Waals surface area contributed by atoms with Gasteiger partial charge in [-0.2, -0.15) is 5.10 Å². The van der Waals surface area contributed by atoms with Gasteiger partial charge in [0.15, 0.2) is 11.5 Å². The molecule has 0 atom stereocenters. The van der Waals surface area contributed by atoms with Gasteiger partial charge in [0.25, 0.3) is 0 Å². The SMILES string of the molecule is CC/C(=N\NCc1ccc(OC)c(OC)c1)c1ccc(OC)cc1OC. The van der Waals surface area contributed by atoms with Gasteiger partial charge in [-0.25, -0.2) is 0 Å². The van der Waals surface area contributed by atoms with Crippen LogP contribution in [0.1, 0.15) is 24.5 Å². The highest BCUT2D eigenvalue weighted by atomic mass is 16.5. The number of hydrazone groups is 1. The molecule has 140 valence electrons. The van der Waals surface area contributed by atoms with E-state index in [-0.39, 0.29) is 0 Å². The second-order valence-corrected chi connectivity index (χ2v) is 5.50. The lowest BCUT2D eigenvalue weighted by Crippen LogP contribution is -2.12. The molecule has 0 aromatic heterocycles. The van der Waals surface area contributed by atoms with Crippen molar-refractivity contribution in [1.29, 1.82) is 0 Å². The molecule has 0 amide bonds. The standard InChI is InChI=1S/C20H26N2O4/c1-6-17(16-9-8-15(23-2)12-19(16)25-4)22-21-13-14-7-10-18(24-3)20(11-14)26-5/h7-12,21H,6,13H2,1-5H3/b22-17+. The maximum Gasteiger partial charge on any atom is 0.161 e. The van der Waals surface area contributed by atoms with Gasteiger partial charge in [-0.1, -0.05) is 13.0 Å². The predicted molar refractivity (Wildman–Crippen MR) is 103 cm³/mol. The fourth-order valence-corrected chi connectivity index (χ4v) is 2.58. The summed E-state index contributed by atoms with van der Waals surface area (Å²) in [5.41, 5.74) is 6.02. The monoisotopic (exact) mass is 358 g/mol. The molecule has 6 heteroatoms. The van der Waals surface area contributed by atoms with Gasteiger partial charge in [0.1, 0.15) is 11.5 Å². The second kappa shape index (κ2) is 9.56. The molecular formula is C20H26N2O4. The minimum Gasteiger partial charge on any atom is -0.497 e. The molecule has 1 N–H and O–H groups in total. The quantitative estimate of drug-likeness (QED) is 0.548. The molecule has 0 spiro atoms. The van der Waals surface area contributed by atoms with Crippen LogP contribution in [0.4, 0.5) is 0 Å². The van der Waals surface area contributed by atoms with Crippen molar-refractivity contribution >= 4 is 5.71 Å². The molecule has 0 aliphatic rings. The van der Waals surface area contributed by atoms with Crippen LogP contribution in [0, 0.1) is 0 Å². The van der Waals surface area contributed by atoms with Gasteiger partial charge in [0.05, 0.1) is 40.7 Å². The van der Waals surface area contributed by atoms with Crippen molar-refractivity contribution in [1.82, 2.24) is 5.43 Å². The summed E-state index contributed by atoms with van der Waals surface area (Å²) < 4.78 is 21.3. The molecule has 0 saturated heterocycles. The summed E-state index contributed by atoms with van der Waals surface area (Å²) in [6.45, 7) is 2.63. The van der Waals surface area contributed by atoms with Gasteiger partial charge in [0.2, 0.25) is 0 Å². The summed E-state index contributed by atoms with van der Waals surface area (Å²) in [6, 6.07) is 11.5. The van der Waals surface area contributed by atoms with E-state index in [2.05, 4.69) is 17.5 Å². The predicted octanol–water partition coefficient (Wildman–Crippen LogP) is 3.62. The molecule has 0 heterocycles. The van der Waals surface area contributed by atoms with E-state index >= 15 is 0 Å². The maximum atomic E-state index is 5.47. The van der Waals surface area contributed by atoms with Crippen molar-refractivity contribution in [2.75, 3.05) is 28.4 Å². The Labute approximate surface area is 154 Å². The van der Waals surface area contributed by atoms with E-state index in [9.17, 15) is 0 Å². The van der Waals surface area contributed by atoms with E-state index < -0.39 is 0 Å². The zero-order valence-electron chi connectivity index (χ0n) is 16.0. The molecule has 0 aliphatic heterocycles. The fourth-order valence-electron chi connectivity index (χ4n) is 2.58. The van der Waals surface area contributed by atoms with Crippen LogP contribution in [0.5, 0.6) is 23.0 Å². The van der Waals surface area contributed by atoms with Gasteiger partial charge in [0, 0.05) is 11.6 Å². The molecule has 2 aromatic carbocycles. The molecule has 0 radical (unpaired) electrons. The Bertz CT molecular complexity index is 759. The number of nitrogens with one attached hydrogen (secondary N) is 1. The Kier molecular flexibility index (Phi) is 7.14. The van der Waals surface area contributed by atoms with Crippen molar-refractivity contribution in [2.24, 2.45) is 5.10 Å². The van der Waals surface area contributed by atoms with E-state index in [1.165, 1.54) is 0 Å². The average Bonchev–Trinajstić information content (AvgIpc) is 2.70. The van der Waals surface area contributed by atoms with Crippen LogP contribution < -0.4 is 24.4 Å². The third kappa shape index (κ3) is 4.59. The van der Waals surface area contributed by atoms with E-state index in [0.717, 1.165) is 34.8 Å². The van der Waals surface area contributed by atoms with Crippen LogP contribution in [0.15, 0.2) is 41.5 Å². The highest BCUT2D eigenvalue weighted by Gasteiger charge is 2.10. The van der Waals surface area contributed by atoms with E-state index in [1.54, 1.807) is 28.4 Å². The Morgan fingerprint density at radius 1 is 0.846 bits per heavy atom. The van der Waals surface area contributed by atoms with Crippen LogP contribution in [-0.4, -0.2) is 34.2 Å². The summed E-state index contributed by atoms with van der Waals surface area (Å²) in [4.78, 5) is 0. The summed E-state index contributed by atoms with van der Waals surface area (Å²) >= 11 is 0. The first kappa shape index (κ1) is 19.4. The topological polar surface area (TPSA) is 61.3 Å². The van der Waals surface area contributed by atoms with Gasteiger partial charge in [-0.3, -0.25) is 0 Å². The Balaban J connectivity index is 2.15. The van der Waals surface area contributed by atoms with Crippen molar-refractivity contribution in [2.45, 2.75) is 19.9 Å². The second-order valence-electron chi connectivity index (χ2n) is 5.50. The number of ether oxygens (including phenoxy) is 4. The molecule has 0 fully saturated rings. The van der Waals surface area contributed by atoms with Gasteiger partial charge in [-0.15, -0.1) is 0 Å². The van der Waals surface area contributed by atoms with E-state index in [4.69, 9.17) is 18.9 Å². The third-order valence-corrected chi connectivity index (χ3v) is 4.00. The molecule has 6 nitrogen and oxygen atoms in total. The van der Waals surface area contributed by atoms with Crippen LogP contribution >= 0.6 is 0 Å². The smallest absolute Gasteiger partial charge is 0.161 e. The Morgan fingerprint density at radius 2 is 1.58 bits per heavy atom. The summed E-state index contributed by atoms with van der Waals surface area (Å²) in [5, 5.41) is 4.54. The number of hydrogen-bond acceptors (Lipinski definition) is 6. The van der Waals surface area contributed by atoms with Gasteiger partial charge < -0.3 is 24.4 Å². The highest BCUT2D eigenvalue weighted by Crippen LogP contribution is 2.28. The molecule has 26 heavy (non-hydrogen) atoms. The first-order valence-electron chi connectivity index (χ1n) is 8.39. The lowest BCUT2D eigenvalue weighted by atomic mass is 10.1. The lowest BCUT2D eigenvalue weighted by molar-refractivity contribution is 0.354. The minimum absolute atomic E-state index is 0.572. The molecule has 2 rings (SSSR count). The molecule has 2 aromatic rings. The fraction of sp³-hybridized carbons (Fsp3) is 0.350. The number of methoxy groups -OCH3 is 4. The number of nitrogens with zero attached hydrogens (tertiary/aromatic N) is 1. The Morgan fingerprint density at radius 3 is 2.19 bits per heavy atom. The van der Waals surface area contributed by atoms with Crippen LogP contribution in [0.2, 0.25) is 0 Å². The first-order valence-corrected chi connectivity index (χ1v) is 8.39. The van der Waals surface area contributed by atoms with Crippen molar-refractivity contribution < 1.29 is 18.9 Å². The number of hydrogen-bond donors (Lipinski definition) is 1. The largest absolute Gasteiger partial charge is 0.497 e. The van der Waals surface area contributed by atoms with Crippen LogP contribution in [0.25, 0.3) is 0 Å². The molecule has 0 saturated carbocycles. The Hall–Kier alpha value is -2.89. The minimum atomic E-state index is 0.572. The van der Waals surface area contributed by atoms with E-state index in [1.807, 2.05) is 36.4 Å². The highest BCUT2D eigenvalue weighted by molar-refractivity contribution is 6.02. The van der Waals surface area contributed by atoms with Crippen LogP contribution in [0.3, 0.4) is 0 Å². The average molecular weight is 358 g/mol. The van der Waals surface area contributed by atoms with E-state index in [0.29, 0.717) is 18.0 Å². The van der Waals surface area contributed by atoms with Crippen LogP contribution in [-0.2, 0) is 6.54 Å². The number of rotatable bonds is 9. The number of benzene rings is 2. The molecule has 0 bridgehead atoms. The van der Waals surface area contributed by atoms with Crippen molar-refractivity contribution in [3.05, 3.63) is 47.5 Å². The molecule has 0 unspecified atom stereocenters. The summed E-state index contributed by atoms with van der Waals surface area (Å²) in [5.74, 6) is 2.89. The summed E-state index contributed by atoms with van der Waals surface area (Å²) in [7, 11) is 6.52. The molecule has 0 aliphatic carbocycles. The van der Waals surface area contributed by atoms with Crippen molar-refractivity contribution in [3.8, 4) is 23.0 Å². The third-order valence-electron chi connectivity index (χ3n) is 4.00. The van der Waals surface area contributed by atoms with Crippen molar-refractivity contribution in [3.63, 3.8) is 0 Å². The zero-order chi connectivity index (χ0) is 18.9. The lowest BCUT2D eigenvalue weighted by Gasteiger charge is -2.12. The zero-order valence-corrected chi connectivity index (χ0v) is 16.0. The normalized spacial score (nSPS) is 11.0. The van der Waals surface area contributed by atoms with Gasteiger partial charge >= 0.3 is 0 Å². The maximum absolute atomic E-state index is 5.47. The summed E-state index contributed by atoms with van der Waals surface area (Å²) in [6.07, 6.45) is 0.765.